The van der Waals surface area contributed by atoms with Crippen LogP contribution in [0.5, 0.6) is 0 Å². The van der Waals surface area contributed by atoms with E-state index in [0.29, 0.717) is 17.0 Å². The van der Waals surface area contributed by atoms with Gasteiger partial charge in [0.1, 0.15) is 0 Å². The quantitative estimate of drug-likeness (QED) is 0.382. The summed E-state index contributed by atoms with van der Waals surface area (Å²) in [7, 11) is 0. The molecular weight excluding hydrogens is 366 g/mol. The van der Waals surface area contributed by atoms with Crippen molar-refractivity contribution in [3.8, 4) is 16.9 Å². The fraction of sp³-hybridized carbons (Fsp3) is 0.158. The van der Waals surface area contributed by atoms with Gasteiger partial charge in [0.05, 0.1) is 22.9 Å². The molecular formula is C19H15N3O4S. The molecule has 0 saturated heterocycles. The average Bonchev–Trinajstić information content (AvgIpc) is 3.08. The van der Waals surface area contributed by atoms with Gasteiger partial charge in [-0.15, -0.1) is 11.8 Å². The van der Waals surface area contributed by atoms with Gasteiger partial charge in [-0.3, -0.25) is 10.1 Å². The fourth-order valence-corrected chi connectivity index (χ4v) is 4.12. The molecule has 1 aromatic heterocycles. The molecule has 2 aromatic carbocycles. The lowest BCUT2D eigenvalue weighted by molar-refractivity contribution is -0.384. The number of benzene rings is 2. The van der Waals surface area contributed by atoms with Gasteiger partial charge in [0.2, 0.25) is 0 Å². The summed E-state index contributed by atoms with van der Waals surface area (Å²) in [5.74, 6) is 0.0547. The van der Waals surface area contributed by atoms with E-state index in [4.69, 9.17) is 4.74 Å². The van der Waals surface area contributed by atoms with Gasteiger partial charge in [-0.1, -0.05) is 18.2 Å². The number of carbonyl (C=O) groups is 1. The Morgan fingerprint density at radius 2 is 2.07 bits per heavy atom. The lowest BCUT2D eigenvalue weighted by Crippen LogP contribution is -2.08. The average molecular weight is 381 g/mol. The molecule has 3 aromatic rings. The summed E-state index contributed by atoms with van der Waals surface area (Å²) in [6, 6.07) is 14.2. The maximum Gasteiger partial charge on any atom is 0.359 e. The van der Waals surface area contributed by atoms with Crippen LogP contribution >= 0.6 is 11.8 Å². The summed E-state index contributed by atoms with van der Waals surface area (Å²) in [6.07, 6.45) is 0. The Kier molecular flexibility index (Phi) is 4.41. The van der Waals surface area contributed by atoms with Crippen molar-refractivity contribution in [3.63, 3.8) is 0 Å². The van der Waals surface area contributed by atoms with E-state index >= 15 is 0 Å². The van der Waals surface area contributed by atoms with Crippen LogP contribution in [0.3, 0.4) is 0 Å². The number of thioether (sulfide) groups is 1. The highest BCUT2D eigenvalue weighted by Gasteiger charge is 2.31. The van der Waals surface area contributed by atoms with Crippen molar-refractivity contribution >= 4 is 23.4 Å². The van der Waals surface area contributed by atoms with Gasteiger partial charge in [0.25, 0.3) is 5.69 Å². The van der Waals surface area contributed by atoms with Crippen molar-refractivity contribution in [2.45, 2.75) is 17.6 Å². The van der Waals surface area contributed by atoms with Crippen molar-refractivity contribution in [1.82, 2.24) is 9.78 Å². The van der Waals surface area contributed by atoms with Crippen LogP contribution in [0.4, 0.5) is 5.69 Å². The van der Waals surface area contributed by atoms with Crippen LogP contribution in [-0.4, -0.2) is 27.3 Å². The van der Waals surface area contributed by atoms with E-state index in [0.717, 1.165) is 16.1 Å². The number of nitro benzene ring substituents is 1. The molecule has 1 aliphatic rings. The van der Waals surface area contributed by atoms with Gasteiger partial charge in [0.15, 0.2) is 5.69 Å². The monoisotopic (exact) mass is 381 g/mol. The number of non-ortho nitro benzene ring substituents is 1. The number of rotatable bonds is 4. The molecule has 0 spiro atoms. The molecule has 0 aliphatic carbocycles. The number of esters is 1. The molecule has 27 heavy (non-hydrogen) atoms. The molecule has 0 saturated carbocycles. The molecule has 0 atom stereocenters. The van der Waals surface area contributed by atoms with Gasteiger partial charge >= 0.3 is 5.97 Å². The summed E-state index contributed by atoms with van der Waals surface area (Å²) >= 11 is 1.53. The predicted octanol–water partition coefficient (Wildman–Crippen LogP) is 4.23. The number of hydrogen-bond donors (Lipinski definition) is 0. The van der Waals surface area contributed by atoms with Crippen molar-refractivity contribution in [1.29, 1.82) is 0 Å². The topological polar surface area (TPSA) is 87.3 Å². The number of para-hydroxylation sites is 1. The minimum atomic E-state index is -0.488. The van der Waals surface area contributed by atoms with Gasteiger partial charge < -0.3 is 4.74 Å². The Bertz CT molecular complexity index is 1050. The smallest absolute Gasteiger partial charge is 0.359 e. The lowest BCUT2D eigenvalue weighted by atomic mass is 10.0. The zero-order valence-corrected chi connectivity index (χ0v) is 15.2. The molecule has 136 valence electrons. The third-order valence-corrected chi connectivity index (χ3v) is 5.35. The molecule has 4 rings (SSSR count). The first-order chi connectivity index (χ1) is 13.1. The molecule has 0 amide bonds. The van der Waals surface area contributed by atoms with Gasteiger partial charge in [-0.25, -0.2) is 9.48 Å². The van der Waals surface area contributed by atoms with Crippen LogP contribution in [0, 0.1) is 10.1 Å². The Labute approximate surface area is 159 Å². The lowest BCUT2D eigenvalue weighted by Gasteiger charge is -2.18. The van der Waals surface area contributed by atoms with Crippen LogP contribution < -0.4 is 0 Å². The largest absolute Gasteiger partial charge is 0.461 e. The molecule has 8 heteroatoms. The Morgan fingerprint density at radius 3 is 2.78 bits per heavy atom. The Balaban J connectivity index is 1.98. The molecule has 1 aliphatic heterocycles. The number of hydrogen-bond acceptors (Lipinski definition) is 6. The number of ether oxygens (including phenoxy) is 1. The van der Waals surface area contributed by atoms with Gasteiger partial charge in [-0.2, -0.15) is 5.10 Å². The second kappa shape index (κ2) is 6.88. The van der Waals surface area contributed by atoms with E-state index in [9.17, 15) is 14.9 Å². The predicted molar refractivity (Wildman–Crippen MR) is 101 cm³/mol. The maximum atomic E-state index is 12.4. The minimum absolute atomic E-state index is 0.000645. The molecule has 2 heterocycles. The summed E-state index contributed by atoms with van der Waals surface area (Å²) in [5.41, 5.74) is 3.15. The highest BCUT2D eigenvalue weighted by molar-refractivity contribution is 7.98. The first kappa shape index (κ1) is 17.3. The number of nitro groups is 1. The van der Waals surface area contributed by atoms with Crippen molar-refractivity contribution in [2.75, 3.05) is 6.61 Å². The first-order valence-electron chi connectivity index (χ1n) is 8.36. The zero-order chi connectivity index (χ0) is 19.0. The minimum Gasteiger partial charge on any atom is -0.461 e. The van der Waals surface area contributed by atoms with E-state index < -0.39 is 10.9 Å². The van der Waals surface area contributed by atoms with Crippen LogP contribution in [-0.2, 0) is 10.5 Å². The van der Waals surface area contributed by atoms with E-state index in [1.807, 2.05) is 30.3 Å². The summed E-state index contributed by atoms with van der Waals surface area (Å²) in [6.45, 7) is 1.99. The normalized spacial score (nSPS) is 12.2. The number of aromatic nitrogens is 2. The fourth-order valence-electron chi connectivity index (χ4n) is 3.08. The maximum absolute atomic E-state index is 12.4. The Morgan fingerprint density at radius 1 is 1.30 bits per heavy atom. The van der Waals surface area contributed by atoms with E-state index in [1.54, 1.807) is 17.7 Å². The van der Waals surface area contributed by atoms with Crippen LogP contribution in [0.25, 0.3) is 16.9 Å². The van der Waals surface area contributed by atoms with Crippen molar-refractivity contribution in [2.24, 2.45) is 0 Å². The zero-order valence-electron chi connectivity index (χ0n) is 14.4. The third kappa shape index (κ3) is 2.97. The number of fused-ring (bicyclic) bond motifs is 3. The van der Waals surface area contributed by atoms with Gasteiger partial charge in [0, 0.05) is 33.9 Å². The number of carbonyl (C=O) groups excluding carboxylic acids is 1. The summed E-state index contributed by atoms with van der Waals surface area (Å²) < 4.78 is 6.83. The van der Waals surface area contributed by atoms with Crippen molar-refractivity contribution in [3.05, 3.63) is 69.9 Å². The SMILES string of the molecule is CCOC(=O)c1nn(-c2ccccc2)c2c1CSc1ccc([N+](=O)[O-])cc1-2. The van der Waals surface area contributed by atoms with E-state index in [-0.39, 0.29) is 18.0 Å². The number of nitrogens with zero attached hydrogens (tertiary/aromatic N) is 3. The van der Waals surface area contributed by atoms with Gasteiger partial charge in [-0.05, 0) is 25.1 Å². The Hall–Kier alpha value is -3.13. The second-order valence-corrected chi connectivity index (χ2v) is 6.89. The first-order valence-corrected chi connectivity index (χ1v) is 9.34. The molecule has 0 N–H and O–H groups in total. The third-order valence-electron chi connectivity index (χ3n) is 4.25. The van der Waals surface area contributed by atoms with Crippen LogP contribution in [0.2, 0.25) is 0 Å². The summed E-state index contributed by atoms with van der Waals surface area (Å²) in [4.78, 5) is 24.2. The molecule has 7 nitrogen and oxygen atoms in total. The second-order valence-electron chi connectivity index (χ2n) is 5.87. The standard InChI is InChI=1S/C19H15N3O4S/c1-2-26-19(23)17-15-11-27-16-9-8-13(22(24)25)10-14(16)18(15)21(20-17)12-6-4-3-5-7-12/h3-10H,2,11H2,1H3. The molecule has 0 radical (unpaired) electrons. The van der Waals surface area contributed by atoms with Crippen LogP contribution in [0.1, 0.15) is 23.0 Å². The van der Waals surface area contributed by atoms with E-state index in [2.05, 4.69) is 5.10 Å². The molecule has 0 bridgehead atoms. The molecule has 0 unspecified atom stereocenters. The van der Waals surface area contributed by atoms with E-state index in [1.165, 1.54) is 23.9 Å². The summed E-state index contributed by atoms with van der Waals surface area (Å²) in [5, 5.41) is 15.8. The highest BCUT2D eigenvalue weighted by atomic mass is 32.2. The highest BCUT2D eigenvalue weighted by Crippen LogP contribution is 2.45. The van der Waals surface area contributed by atoms with Crippen LogP contribution in [0.15, 0.2) is 53.4 Å². The molecule has 0 fully saturated rings. The van der Waals surface area contributed by atoms with Crippen molar-refractivity contribution < 1.29 is 14.5 Å².